The van der Waals surface area contributed by atoms with Crippen molar-refractivity contribution in [2.24, 2.45) is 0 Å². The number of rotatable bonds is 45. The first-order chi connectivity index (χ1) is 29.0. The molecule has 0 spiro atoms. The highest BCUT2D eigenvalue weighted by atomic mass is 16.6. The van der Waals surface area contributed by atoms with Crippen molar-refractivity contribution in [2.45, 2.75) is 258 Å². The summed E-state index contributed by atoms with van der Waals surface area (Å²) < 4.78 is 16.7. The van der Waals surface area contributed by atoms with E-state index in [1.807, 2.05) is 0 Å². The van der Waals surface area contributed by atoms with E-state index in [0.29, 0.717) is 19.3 Å². The minimum atomic E-state index is -0.791. The maximum atomic E-state index is 12.7. The molecule has 0 aromatic heterocycles. The smallest absolute Gasteiger partial charge is 0.306 e. The zero-order valence-electron chi connectivity index (χ0n) is 39.0. The fourth-order valence-electron chi connectivity index (χ4n) is 6.94. The number of unbranched alkanes of at least 4 members (excludes halogenated alkanes) is 27. The van der Waals surface area contributed by atoms with Crippen LogP contribution >= 0.6 is 0 Å². The van der Waals surface area contributed by atoms with Crippen LogP contribution in [0, 0.1) is 0 Å². The van der Waals surface area contributed by atoms with Crippen molar-refractivity contribution in [3.63, 3.8) is 0 Å². The van der Waals surface area contributed by atoms with Crippen molar-refractivity contribution in [1.29, 1.82) is 0 Å². The molecule has 342 valence electrons. The Balaban J connectivity index is 4.39. The molecule has 0 aromatic rings. The summed E-state index contributed by atoms with van der Waals surface area (Å²) >= 11 is 0. The van der Waals surface area contributed by atoms with Crippen LogP contribution in [0.4, 0.5) is 0 Å². The van der Waals surface area contributed by atoms with Crippen LogP contribution in [0.5, 0.6) is 0 Å². The summed E-state index contributed by atoms with van der Waals surface area (Å²) in [6.45, 7) is 6.54. The molecule has 0 N–H and O–H groups in total. The quantitative estimate of drug-likeness (QED) is 0.0200. The average Bonchev–Trinajstić information content (AvgIpc) is 3.23. The van der Waals surface area contributed by atoms with Crippen LogP contribution < -0.4 is 0 Å². The first-order valence-electron chi connectivity index (χ1n) is 25.2. The minimum Gasteiger partial charge on any atom is -0.462 e. The van der Waals surface area contributed by atoms with Gasteiger partial charge in [-0.05, 0) is 89.9 Å². The Bertz CT molecular complexity index is 1040. The molecule has 0 amide bonds. The predicted octanol–water partition coefficient (Wildman–Crippen LogP) is 16.3. The Morgan fingerprint density at radius 3 is 1.02 bits per heavy atom. The van der Waals surface area contributed by atoms with E-state index >= 15 is 0 Å². The van der Waals surface area contributed by atoms with E-state index in [-0.39, 0.29) is 31.1 Å². The highest BCUT2D eigenvalue weighted by molar-refractivity contribution is 5.71. The second kappa shape index (κ2) is 48.0. The van der Waals surface area contributed by atoms with Gasteiger partial charge in [-0.3, -0.25) is 14.4 Å². The molecule has 0 bridgehead atoms. The number of carbonyl (C=O) groups is 3. The van der Waals surface area contributed by atoms with Gasteiger partial charge in [-0.2, -0.15) is 0 Å². The van der Waals surface area contributed by atoms with E-state index in [1.165, 1.54) is 128 Å². The fraction of sp³-hybridized carbons (Fsp3) is 0.792. The minimum absolute atomic E-state index is 0.0894. The lowest BCUT2D eigenvalue weighted by atomic mass is 10.1. The van der Waals surface area contributed by atoms with Crippen molar-refractivity contribution < 1.29 is 28.6 Å². The van der Waals surface area contributed by atoms with Crippen molar-refractivity contribution in [3.8, 4) is 0 Å². The summed E-state index contributed by atoms with van der Waals surface area (Å²) in [6, 6.07) is 0. The van der Waals surface area contributed by atoms with Gasteiger partial charge in [-0.15, -0.1) is 0 Å². The molecule has 0 saturated heterocycles. The summed E-state index contributed by atoms with van der Waals surface area (Å²) in [5, 5.41) is 0. The SMILES string of the molecule is CCCC/C=C\C=C/CCCCCC(=O)OCC(COC(=O)CCCCCCCCC/C=C\CCCCCCCC)OC(=O)CCCCC/C=C\CCCCCCCC. The summed E-state index contributed by atoms with van der Waals surface area (Å²) in [6.07, 6.45) is 56.7. The number of esters is 3. The Kier molecular flexibility index (Phi) is 45.9. The maximum Gasteiger partial charge on any atom is 0.306 e. The van der Waals surface area contributed by atoms with Gasteiger partial charge in [0.15, 0.2) is 6.10 Å². The molecule has 6 heteroatoms. The van der Waals surface area contributed by atoms with E-state index in [2.05, 4.69) is 69.4 Å². The molecule has 0 fully saturated rings. The van der Waals surface area contributed by atoms with Crippen LogP contribution in [0.25, 0.3) is 0 Å². The Hall–Kier alpha value is -2.63. The molecule has 0 aliphatic heterocycles. The normalized spacial score (nSPS) is 12.4. The van der Waals surface area contributed by atoms with E-state index in [1.54, 1.807) is 0 Å². The molecule has 0 radical (unpaired) electrons. The number of ether oxygens (including phenoxy) is 3. The molecule has 0 rings (SSSR count). The van der Waals surface area contributed by atoms with Gasteiger partial charge in [0, 0.05) is 19.3 Å². The first kappa shape index (κ1) is 56.4. The molecule has 0 heterocycles. The number of allylic oxidation sites excluding steroid dienone is 8. The van der Waals surface area contributed by atoms with Crippen molar-refractivity contribution in [3.05, 3.63) is 48.6 Å². The Morgan fingerprint density at radius 2 is 0.627 bits per heavy atom. The van der Waals surface area contributed by atoms with Crippen LogP contribution in [-0.2, 0) is 28.6 Å². The number of hydrogen-bond donors (Lipinski definition) is 0. The summed E-state index contributed by atoms with van der Waals surface area (Å²) in [7, 11) is 0. The Morgan fingerprint density at radius 1 is 0.339 bits per heavy atom. The van der Waals surface area contributed by atoms with Crippen LogP contribution in [0.3, 0.4) is 0 Å². The topological polar surface area (TPSA) is 78.9 Å². The van der Waals surface area contributed by atoms with Crippen molar-refractivity contribution in [1.82, 2.24) is 0 Å². The molecule has 1 unspecified atom stereocenters. The summed E-state index contributed by atoms with van der Waals surface area (Å²) in [4.78, 5) is 37.8. The van der Waals surface area contributed by atoms with Gasteiger partial charge in [0.2, 0.25) is 0 Å². The Labute approximate surface area is 365 Å². The molecule has 6 nitrogen and oxygen atoms in total. The van der Waals surface area contributed by atoms with Crippen LogP contribution in [0.15, 0.2) is 48.6 Å². The van der Waals surface area contributed by atoms with Gasteiger partial charge in [0.25, 0.3) is 0 Å². The molecule has 1 atom stereocenters. The van der Waals surface area contributed by atoms with Gasteiger partial charge in [0.1, 0.15) is 13.2 Å². The van der Waals surface area contributed by atoms with E-state index in [0.717, 1.165) is 83.5 Å². The third kappa shape index (κ3) is 46.3. The van der Waals surface area contributed by atoms with E-state index < -0.39 is 6.10 Å². The lowest BCUT2D eigenvalue weighted by molar-refractivity contribution is -0.167. The van der Waals surface area contributed by atoms with Crippen LogP contribution in [-0.4, -0.2) is 37.2 Å². The molecule has 0 aliphatic carbocycles. The number of hydrogen-bond acceptors (Lipinski definition) is 6. The molecule has 0 aliphatic rings. The van der Waals surface area contributed by atoms with Crippen molar-refractivity contribution >= 4 is 17.9 Å². The largest absolute Gasteiger partial charge is 0.462 e. The van der Waals surface area contributed by atoms with Crippen LogP contribution in [0.2, 0.25) is 0 Å². The summed E-state index contributed by atoms with van der Waals surface area (Å²) in [5.41, 5.74) is 0. The zero-order chi connectivity index (χ0) is 43.0. The molecular formula is C53H94O6. The third-order valence-electron chi connectivity index (χ3n) is 10.8. The number of carbonyl (C=O) groups excluding carboxylic acids is 3. The molecular weight excluding hydrogens is 733 g/mol. The highest BCUT2D eigenvalue weighted by Crippen LogP contribution is 2.14. The predicted molar refractivity (Wildman–Crippen MR) is 252 cm³/mol. The van der Waals surface area contributed by atoms with Gasteiger partial charge in [0.05, 0.1) is 0 Å². The molecule has 0 aromatic carbocycles. The first-order valence-corrected chi connectivity index (χ1v) is 25.2. The maximum absolute atomic E-state index is 12.7. The van der Waals surface area contributed by atoms with Crippen LogP contribution in [0.1, 0.15) is 252 Å². The van der Waals surface area contributed by atoms with Gasteiger partial charge in [-0.1, -0.05) is 191 Å². The zero-order valence-corrected chi connectivity index (χ0v) is 39.0. The third-order valence-corrected chi connectivity index (χ3v) is 10.8. The van der Waals surface area contributed by atoms with E-state index in [9.17, 15) is 14.4 Å². The monoisotopic (exact) mass is 827 g/mol. The summed E-state index contributed by atoms with van der Waals surface area (Å²) in [5.74, 6) is -0.936. The van der Waals surface area contributed by atoms with Gasteiger partial charge in [-0.25, -0.2) is 0 Å². The molecule has 59 heavy (non-hydrogen) atoms. The fourth-order valence-corrected chi connectivity index (χ4v) is 6.94. The highest BCUT2D eigenvalue weighted by Gasteiger charge is 2.19. The second-order valence-electron chi connectivity index (χ2n) is 16.7. The lowest BCUT2D eigenvalue weighted by Crippen LogP contribution is -2.30. The standard InChI is InChI=1S/C53H94O6/c1-4-7-10-13-16-19-22-24-25-26-27-29-31-34-37-40-43-46-52(55)58-49-50(48-57-51(54)45-42-39-36-33-30-21-18-15-12-9-6-3)59-53(56)47-44-41-38-35-32-28-23-20-17-14-11-8-5-2/h15,18,21,24-25,28,30,32,50H,4-14,16-17,19-20,22-23,26-27,29,31,33-49H2,1-3H3/b18-15-,25-24-,30-21-,32-28-. The van der Waals surface area contributed by atoms with Gasteiger partial charge < -0.3 is 14.2 Å². The molecule has 0 saturated carbocycles. The van der Waals surface area contributed by atoms with Gasteiger partial charge >= 0.3 is 17.9 Å². The lowest BCUT2D eigenvalue weighted by Gasteiger charge is -2.18. The van der Waals surface area contributed by atoms with E-state index in [4.69, 9.17) is 14.2 Å². The van der Waals surface area contributed by atoms with Crippen molar-refractivity contribution in [2.75, 3.05) is 13.2 Å². The average molecular weight is 827 g/mol. The second-order valence-corrected chi connectivity index (χ2v) is 16.7.